The summed E-state index contributed by atoms with van der Waals surface area (Å²) in [5.74, 6) is -0.134. The first kappa shape index (κ1) is 21.1. The third-order valence-electron chi connectivity index (χ3n) is 5.55. The second-order valence-electron chi connectivity index (χ2n) is 7.66. The molecule has 1 aliphatic heterocycles. The Morgan fingerprint density at radius 2 is 1.66 bits per heavy atom. The minimum absolute atomic E-state index is 0.0739. The Morgan fingerprint density at radius 1 is 1.03 bits per heavy atom. The van der Waals surface area contributed by atoms with E-state index in [1.54, 1.807) is 0 Å². The normalized spacial score (nSPS) is 15.8. The van der Waals surface area contributed by atoms with Crippen molar-refractivity contribution in [2.24, 2.45) is 0 Å². The number of nitrogens with zero attached hydrogens (tertiary/aromatic N) is 3. The number of rotatable bonds is 7. The van der Waals surface area contributed by atoms with E-state index < -0.39 is 0 Å². The fourth-order valence-corrected chi connectivity index (χ4v) is 3.73. The maximum atomic E-state index is 13.2. The average molecular weight is 399 g/mol. The highest BCUT2D eigenvalue weighted by molar-refractivity contribution is 5.75. The average Bonchev–Trinajstić information content (AvgIpc) is 2.75. The zero-order chi connectivity index (χ0) is 20.8. The Hall–Kier alpha value is -2.60. The summed E-state index contributed by atoms with van der Waals surface area (Å²) >= 11 is 0. The smallest absolute Gasteiger partial charge is 0.219 e. The largest absolute Gasteiger partial charge is 0.378 e. The summed E-state index contributed by atoms with van der Waals surface area (Å²) < 4.78 is 13.2. The standard InChI is InChI=1S/C23H31FN4O/c1-4-23(29)25-17-22(18-5-9-20(10-6-18)26(2)3)28-15-13-27(14-16-28)21-11-7-19(24)8-12-21/h5-12,22H,4,13-17H2,1-3H3,(H,25,29). The van der Waals surface area contributed by atoms with Crippen LogP contribution in [0.5, 0.6) is 0 Å². The predicted molar refractivity (Wildman–Crippen MR) is 117 cm³/mol. The monoisotopic (exact) mass is 398 g/mol. The van der Waals surface area contributed by atoms with Crippen molar-refractivity contribution in [3.63, 3.8) is 0 Å². The Bertz CT molecular complexity index is 784. The summed E-state index contributed by atoms with van der Waals surface area (Å²) in [6, 6.07) is 15.4. The number of nitrogens with one attached hydrogen (secondary N) is 1. The maximum absolute atomic E-state index is 13.2. The molecule has 2 aromatic carbocycles. The van der Waals surface area contributed by atoms with Gasteiger partial charge in [0.1, 0.15) is 5.82 Å². The minimum Gasteiger partial charge on any atom is -0.378 e. The molecule has 1 unspecified atom stereocenters. The highest BCUT2D eigenvalue weighted by Gasteiger charge is 2.25. The van der Waals surface area contributed by atoms with Crippen LogP contribution in [0, 0.1) is 5.82 Å². The van der Waals surface area contributed by atoms with Gasteiger partial charge >= 0.3 is 0 Å². The van der Waals surface area contributed by atoms with Gasteiger partial charge in [-0.25, -0.2) is 4.39 Å². The van der Waals surface area contributed by atoms with Crippen LogP contribution < -0.4 is 15.1 Å². The van der Waals surface area contributed by atoms with Crippen LogP contribution >= 0.6 is 0 Å². The third-order valence-corrected chi connectivity index (χ3v) is 5.55. The van der Waals surface area contributed by atoms with E-state index in [2.05, 4.69) is 44.3 Å². The number of benzene rings is 2. The summed E-state index contributed by atoms with van der Waals surface area (Å²) in [6.45, 7) is 6.00. The molecule has 0 bridgehead atoms. The Morgan fingerprint density at radius 3 is 2.21 bits per heavy atom. The Balaban J connectivity index is 1.70. The highest BCUT2D eigenvalue weighted by Crippen LogP contribution is 2.26. The van der Waals surface area contributed by atoms with E-state index in [1.807, 2.05) is 33.2 Å². The maximum Gasteiger partial charge on any atom is 0.219 e. The molecule has 156 valence electrons. The van der Waals surface area contributed by atoms with E-state index in [0.717, 1.165) is 37.6 Å². The van der Waals surface area contributed by atoms with Gasteiger partial charge in [-0.3, -0.25) is 9.69 Å². The first-order valence-electron chi connectivity index (χ1n) is 10.3. The van der Waals surface area contributed by atoms with Crippen molar-refractivity contribution in [1.82, 2.24) is 10.2 Å². The van der Waals surface area contributed by atoms with Crippen LogP contribution in [0.2, 0.25) is 0 Å². The van der Waals surface area contributed by atoms with Crippen LogP contribution in [0.4, 0.5) is 15.8 Å². The lowest BCUT2D eigenvalue weighted by atomic mass is 10.0. The first-order valence-corrected chi connectivity index (χ1v) is 10.3. The van der Waals surface area contributed by atoms with Gasteiger partial charge in [-0.1, -0.05) is 19.1 Å². The van der Waals surface area contributed by atoms with Gasteiger partial charge in [-0.15, -0.1) is 0 Å². The molecule has 1 fully saturated rings. The van der Waals surface area contributed by atoms with Gasteiger partial charge in [0.05, 0.1) is 6.04 Å². The number of piperazine rings is 1. The molecule has 1 N–H and O–H groups in total. The molecule has 0 aromatic heterocycles. The molecule has 1 amide bonds. The summed E-state index contributed by atoms with van der Waals surface area (Å²) in [6.07, 6.45) is 0.491. The number of amides is 1. The number of carbonyl (C=O) groups excluding carboxylic acids is 1. The number of hydrogen-bond donors (Lipinski definition) is 1. The molecule has 5 nitrogen and oxygen atoms in total. The topological polar surface area (TPSA) is 38.8 Å². The molecular formula is C23H31FN4O. The van der Waals surface area contributed by atoms with Crippen molar-refractivity contribution in [3.05, 3.63) is 59.9 Å². The lowest BCUT2D eigenvalue weighted by Crippen LogP contribution is -2.49. The molecule has 0 spiro atoms. The predicted octanol–water partition coefficient (Wildman–Crippen LogP) is 3.28. The van der Waals surface area contributed by atoms with Crippen LogP contribution in [0.3, 0.4) is 0 Å². The second kappa shape index (κ2) is 9.74. The van der Waals surface area contributed by atoms with Crippen LogP contribution in [0.25, 0.3) is 0 Å². The number of hydrogen-bond acceptors (Lipinski definition) is 4. The molecule has 6 heteroatoms. The van der Waals surface area contributed by atoms with Gasteiger partial charge in [0, 0.05) is 64.6 Å². The van der Waals surface area contributed by atoms with Gasteiger partial charge in [-0.2, -0.15) is 0 Å². The van der Waals surface area contributed by atoms with Crippen LogP contribution in [0.1, 0.15) is 24.9 Å². The van der Waals surface area contributed by atoms with Gasteiger partial charge in [-0.05, 0) is 42.0 Å². The summed E-state index contributed by atoms with van der Waals surface area (Å²) in [5.41, 5.74) is 3.42. The first-order chi connectivity index (χ1) is 14.0. The molecule has 1 saturated heterocycles. The quantitative estimate of drug-likeness (QED) is 0.777. The third kappa shape index (κ3) is 5.48. The van der Waals surface area contributed by atoms with E-state index >= 15 is 0 Å². The zero-order valence-corrected chi connectivity index (χ0v) is 17.6. The molecule has 1 aliphatic rings. The van der Waals surface area contributed by atoms with Crippen molar-refractivity contribution in [2.45, 2.75) is 19.4 Å². The SMILES string of the molecule is CCC(=O)NCC(c1ccc(N(C)C)cc1)N1CCN(c2ccc(F)cc2)CC1. The molecule has 0 saturated carbocycles. The van der Waals surface area contributed by atoms with Gasteiger partial charge < -0.3 is 15.1 Å². The van der Waals surface area contributed by atoms with Gasteiger partial charge in [0.15, 0.2) is 0 Å². The molecule has 29 heavy (non-hydrogen) atoms. The van der Waals surface area contributed by atoms with Crippen molar-refractivity contribution < 1.29 is 9.18 Å². The lowest BCUT2D eigenvalue weighted by Gasteiger charge is -2.40. The summed E-state index contributed by atoms with van der Waals surface area (Å²) in [4.78, 5) is 18.7. The van der Waals surface area contributed by atoms with Crippen LogP contribution in [0.15, 0.2) is 48.5 Å². The van der Waals surface area contributed by atoms with E-state index in [0.29, 0.717) is 13.0 Å². The molecule has 3 rings (SSSR count). The number of anilines is 2. The van der Waals surface area contributed by atoms with E-state index in [4.69, 9.17) is 0 Å². The van der Waals surface area contributed by atoms with E-state index in [1.165, 1.54) is 17.7 Å². The van der Waals surface area contributed by atoms with Crippen molar-refractivity contribution in [3.8, 4) is 0 Å². The zero-order valence-electron chi connectivity index (χ0n) is 17.6. The number of halogens is 1. The van der Waals surface area contributed by atoms with Crippen molar-refractivity contribution in [2.75, 3.05) is 56.6 Å². The highest BCUT2D eigenvalue weighted by atomic mass is 19.1. The molecule has 0 aliphatic carbocycles. The van der Waals surface area contributed by atoms with Crippen LogP contribution in [-0.2, 0) is 4.79 Å². The summed E-state index contributed by atoms with van der Waals surface area (Å²) in [7, 11) is 4.06. The molecule has 0 radical (unpaired) electrons. The molecule has 1 atom stereocenters. The fraction of sp³-hybridized carbons (Fsp3) is 0.435. The second-order valence-corrected chi connectivity index (χ2v) is 7.66. The minimum atomic E-state index is -0.208. The molecule has 1 heterocycles. The molecule has 2 aromatic rings. The van der Waals surface area contributed by atoms with Crippen LogP contribution in [-0.4, -0.2) is 57.6 Å². The van der Waals surface area contributed by atoms with Gasteiger partial charge in [0.25, 0.3) is 0 Å². The Labute approximate surface area is 173 Å². The molecular weight excluding hydrogens is 367 g/mol. The number of carbonyl (C=O) groups is 1. The fourth-order valence-electron chi connectivity index (χ4n) is 3.73. The van der Waals surface area contributed by atoms with Crippen molar-refractivity contribution in [1.29, 1.82) is 0 Å². The summed E-state index contributed by atoms with van der Waals surface area (Å²) in [5, 5.41) is 3.07. The van der Waals surface area contributed by atoms with E-state index in [-0.39, 0.29) is 17.8 Å². The van der Waals surface area contributed by atoms with E-state index in [9.17, 15) is 9.18 Å². The Kier molecular flexibility index (Phi) is 7.09. The lowest BCUT2D eigenvalue weighted by molar-refractivity contribution is -0.121. The van der Waals surface area contributed by atoms with Crippen molar-refractivity contribution >= 4 is 17.3 Å². The van der Waals surface area contributed by atoms with Gasteiger partial charge in [0.2, 0.25) is 5.91 Å².